The molecule has 1 rings (SSSR count). The minimum absolute atomic E-state index is 0.387. The molecule has 1 saturated heterocycles. The Kier molecular flexibility index (Phi) is 5.62. The van der Waals surface area contributed by atoms with Crippen LogP contribution in [-0.2, 0) is 4.74 Å². The molecule has 0 spiro atoms. The van der Waals surface area contributed by atoms with Crippen molar-refractivity contribution in [2.75, 3.05) is 45.9 Å². The molecule has 15 heavy (non-hydrogen) atoms. The molecule has 86 valence electrons. The molecule has 1 aliphatic rings. The third kappa shape index (κ3) is 3.78. The van der Waals surface area contributed by atoms with Crippen LogP contribution in [0.2, 0.25) is 0 Å². The highest BCUT2D eigenvalue weighted by Crippen LogP contribution is 2.08. The molecular formula is C11H21N3O. The molecule has 0 aromatic heterocycles. The van der Waals surface area contributed by atoms with Gasteiger partial charge in [0.2, 0.25) is 0 Å². The molecular weight excluding hydrogens is 190 g/mol. The van der Waals surface area contributed by atoms with Gasteiger partial charge in [-0.25, -0.2) is 0 Å². The zero-order valence-corrected chi connectivity index (χ0v) is 9.78. The van der Waals surface area contributed by atoms with E-state index in [4.69, 9.17) is 10.00 Å². The van der Waals surface area contributed by atoms with E-state index in [0.29, 0.717) is 12.6 Å². The highest BCUT2D eigenvalue weighted by atomic mass is 16.5. The highest BCUT2D eigenvalue weighted by Gasteiger charge is 2.23. The number of ether oxygens (including phenoxy) is 1. The summed E-state index contributed by atoms with van der Waals surface area (Å²) < 4.78 is 5.47. The van der Waals surface area contributed by atoms with Crippen molar-refractivity contribution in [2.24, 2.45) is 0 Å². The zero-order valence-electron chi connectivity index (χ0n) is 9.78. The monoisotopic (exact) mass is 211 g/mol. The summed E-state index contributed by atoms with van der Waals surface area (Å²) in [6.07, 6.45) is 0. The van der Waals surface area contributed by atoms with Gasteiger partial charge < -0.3 is 9.64 Å². The van der Waals surface area contributed by atoms with Crippen LogP contribution in [0.4, 0.5) is 0 Å². The van der Waals surface area contributed by atoms with Crippen molar-refractivity contribution >= 4 is 0 Å². The molecule has 0 aromatic carbocycles. The van der Waals surface area contributed by atoms with E-state index in [0.717, 1.165) is 39.4 Å². The second-order valence-electron chi connectivity index (χ2n) is 3.84. The van der Waals surface area contributed by atoms with Crippen molar-refractivity contribution in [1.29, 1.82) is 5.26 Å². The summed E-state index contributed by atoms with van der Waals surface area (Å²) in [5.74, 6) is 0. The molecule has 0 saturated carbocycles. The summed E-state index contributed by atoms with van der Waals surface area (Å²) in [6, 6.07) is 2.62. The van der Waals surface area contributed by atoms with E-state index >= 15 is 0 Å². The predicted molar refractivity (Wildman–Crippen MR) is 59.6 cm³/mol. The molecule has 0 radical (unpaired) electrons. The minimum Gasteiger partial charge on any atom is -0.378 e. The molecule has 0 amide bonds. The summed E-state index contributed by atoms with van der Waals surface area (Å²) in [5.41, 5.74) is 0. The number of nitrogens with zero attached hydrogens (tertiary/aromatic N) is 3. The fourth-order valence-corrected chi connectivity index (χ4v) is 1.94. The standard InChI is InChI=1S/C11H21N3O/c1-3-13(4-2)9-11-10-15-8-7-14(11)6-5-12/h11H,3-4,6-10H2,1-2H3. The van der Waals surface area contributed by atoms with E-state index in [2.05, 4.69) is 29.7 Å². The number of rotatable bonds is 5. The van der Waals surface area contributed by atoms with Gasteiger partial charge in [-0.15, -0.1) is 0 Å². The minimum atomic E-state index is 0.387. The first-order valence-electron chi connectivity index (χ1n) is 5.72. The lowest BCUT2D eigenvalue weighted by Crippen LogP contribution is -2.51. The smallest absolute Gasteiger partial charge is 0.0870 e. The van der Waals surface area contributed by atoms with Crippen LogP contribution in [0, 0.1) is 11.3 Å². The summed E-state index contributed by atoms with van der Waals surface area (Å²) in [7, 11) is 0. The van der Waals surface area contributed by atoms with E-state index in [-0.39, 0.29) is 0 Å². The lowest BCUT2D eigenvalue weighted by atomic mass is 10.2. The van der Waals surface area contributed by atoms with Gasteiger partial charge in [-0.1, -0.05) is 13.8 Å². The Morgan fingerprint density at radius 1 is 1.47 bits per heavy atom. The topological polar surface area (TPSA) is 39.5 Å². The van der Waals surface area contributed by atoms with Gasteiger partial charge in [-0.05, 0) is 13.1 Å². The lowest BCUT2D eigenvalue weighted by Gasteiger charge is -2.36. The first-order valence-corrected chi connectivity index (χ1v) is 5.72. The van der Waals surface area contributed by atoms with Crippen LogP contribution in [0.15, 0.2) is 0 Å². The molecule has 0 bridgehead atoms. The van der Waals surface area contributed by atoms with Gasteiger partial charge in [0.25, 0.3) is 0 Å². The number of nitriles is 1. The zero-order chi connectivity index (χ0) is 11.1. The van der Waals surface area contributed by atoms with Gasteiger partial charge in [0.1, 0.15) is 0 Å². The maximum atomic E-state index is 8.74. The van der Waals surface area contributed by atoms with Crippen molar-refractivity contribution in [3.8, 4) is 6.07 Å². The molecule has 4 nitrogen and oxygen atoms in total. The number of hydrogen-bond donors (Lipinski definition) is 0. The average molecular weight is 211 g/mol. The van der Waals surface area contributed by atoms with Gasteiger partial charge in [0.15, 0.2) is 0 Å². The second-order valence-corrected chi connectivity index (χ2v) is 3.84. The summed E-state index contributed by atoms with van der Waals surface area (Å²) in [6.45, 7) is 10.4. The van der Waals surface area contributed by atoms with Crippen molar-refractivity contribution in [2.45, 2.75) is 19.9 Å². The van der Waals surface area contributed by atoms with Crippen LogP contribution in [-0.4, -0.2) is 61.8 Å². The Labute approximate surface area is 92.4 Å². The van der Waals surface area contributed by atoms with Crippen LogP contribution in [0.25, 0.3) is 0 Å². The summed E-state index contributed by atoms with van der Waals surface area (Å²) in [5, 5.41) is 8.74. The van der Waals surface area contributed by atoms with Crippen LogP contribution < -0.4 is 0 Å². The van der Waals surface area contributed by atoms with Crippen LogP contribution in [0.3, 0.4) is 0 Å². The first-order chi connectivity index (χ1) is 7.31. The number of likely N-dealkylation sites (N-methyl/N-ethyl adjacent to an activating group) is 1. The number of morpholine rings is 1. The average Bonchev–Trinajstić information content (AvgIpc) is 2.28. The maximum absolute atomic E-state index is 8.74. The van der Waals surface area contributed by atoms with Gasteiger partial charge in [-0.2, -0.15) is 5.26 Å². The van der Waals surface area contributed by atoms with E-state index in [1.807, 2.05) is 0 Å². The molecule has 1 fully saturated rings. The Hall–Kier alpha value is -0.630. The summed E-state index contributed by atoms with van der Waals surface area (Å²) >= 11 is 0. The third-order valence-corrected chi connectivity index (χ3v) is 2.99. The van der Waals surface area contributed by atoms with E-state index < -0.39 is 0 Å². The van der Waals surface area contributed by atoms with Crippen molar-refractivity contribution in [3.05, 3.63) is 0 Å². The molecule has 0 aromatic rings. The molecule has 1 heterocycles. The lowest BCUT2D eigenvalue weighted by molar-refractivity contribution is -0.0127. The van der Waals surface area contributed by atoms with Crippen molar-refractivity contribution < 1.29 is 4.74 Å². The van der Waals surface area contributed by atoms with E-state index in [1.54, 1.807) is 0 Å². The van der Waals surface area contributed by atoms with Crippen molar-refractivity contribution in [1.82, 2.24) is 9.80 Å². The third-order valence-electron chi connectivity index (χ3n) is 2.99. The largest absolute Gasteiger partial charge is 0.378 e. The Morgan fingerprint density at radius 3 is 2.80 bits per heavy atom. The highest BCUT2D eigenvalue weighted by molar-refractivity contribution is 4.85. The van der Waals surface area contributed by atoms with Gasteiger partial charge in [0, 0.05) is 19.1 Å². The first kappa shape index (κ1) is 12.4. The van der Waals surface area contributed by atoms with Crippen LogP contribution in [0.1, 0.15) is 13.8 Å². The molecule has 4 heteroatoms. The Bertz CT molecular complexity index is 210. The van der Waals surface area contributed by atoms with Crippen LogP contribution in [0.5, 0.6) is 0 Å². The van der Waals surface area contributed by atoms with Gasteiger partial charge in [0.05, 0.1) is 25.8 Å². The molecule has 0 aliphatic carbocycles. The molecule has 0 N–H and O–H groups in total. The van der Waals surface area contributed by atoms with Crippen molar-refractivity contribution in [3.63, 3.8) is 0 Å². The second kappa shape index (κ2) is 6.78. The van der Waals surface area contributed by atoms with E-state index in [9.17, 15) is 0 Å². The Balaban J connectivity index is 2.45. The SMILES string of the molecule is CCN(CC)CC1COCCN1CC#N. The maximum Gasteiger partial charge on any atom is 0.0870 e. The molecule has 1 atom stereocenters. The summed E-state index contributed by atoms with van der Waals surface area (Å²) in [4.78, 5) is 4.60. The Morgan fingerprint density at radius 2 is 2.20 bits per heavy atom. The normalized spacial score (nSPS) is 22.9. The fraction of sp³-hybridized carbons (Fsp3) is 0.909. The quantitative estimate of drug-likeness (QED) is 0.623. The van der Waals surface area contributed by atoms with E-state index in [1.165, 1.54) is 0 Å². The van der Waals surface area contributed by atoms with Crippen LogP contribution >= 0.6 is 0 Å². The van der Waals surface area contributed by atoms with Gasteiger partial charge in [-0.3, -0.25) is 4.90 Å². The fourth-order valence-electron chi connectivity index (χ4n) is 1.94. The molecule has 1 aliphatic heterocycles. The predicted octanol–water partition coefficient (Wildman–Crippen LogP) is 0.553. The molecule has 1 unspecified atom stereocenters. The number of hydrogen-bond acceptors (Lipinski definition) is 4. The van der Waals surface area contributed by atoms with Gasteiger partial charge >= 0.3 is 0 Å².